The van der Waals surface area contributed by atoms with Crippen molar-refractivity contribution in [3.63, 3.8) is 0 Å². The summed E-state index contributed by atoms with van der Waals surface area (Å²) in [6.07, 6.45) is 6.71. The summed E-state index contributed by atoms with van der Waals surface area (Å²) < 4.78 is 5.37. The Labute approximate surface area is 111 Å². The third kappa shape index (κ3) is 3.74. The second-order valence-corrected chi connectivity index (χ2v) is 5.45. The van der Waals surface area contributed by atoms with Crippen molar-refractivity contribution < 1.29 is 4.74 Å². The summed E-state index contributed by atoms with van der Waals surface area (Å²) in [6.45, 7) is 3.34. The predicted molar refractivity (Wildman–Crippen MR) is 76.1 cm³/mol. The molecule has 0 amide bonds. The number of benzene rings is 1. The van der Waals surface area contributed by atoms with Crippen LogP contribution < -0.4 is 10.1 Å². The highest BCUT2D eigenvalue weighted by Crippen LogP contribution is 2.30. The van der Waals surface area contributed by atoms with E-state index in [2.05, 4.69) is 24.4 Å². The van der Waals surface area contributed by atoms with Crippen molar-refractivity contribution in [1.82, 2.24) is 5.32 Å². The van der Waals surface area contributed by atoms with Crippen molar-refractivity contribution in [1.29, 1.82) is 0 Å². The Kier molecular flexibility index (Phi) is 5.06. The molecule has 0 aliphatic heterocycles. The van der Waals surface area contributed by atoms with Gasteiger partial charge in [-0.1, -0.05) is 37.5 Å². The van der Waals surface area contributed by atoms with Crippen molar-refractivity contribution in [3.8, 4) is 5.75 Å². The van der Waals surface area contributed by atoms with Crippen molar-refractivity contribution in [2.75, 3.05) is 13.7 Å². The number of hydrogen-bond acceptors (Lipinski definition) is 2. The molecule has 1 aromatic carbocycles. The summed E-state index contributed by atoms with van der Waals surface area (Å²) in [4.78, 5) is 0. The first-order valence-corrected chi connectivity index (χ1v) is 7.15. The Hall–Kier alpha value is -1.02. The van der Waals surface area contributed by atoms with Crippen LogP contribution in [0.2, 0.25) is 0 Å². The van der Waals surface area contributed by atoms with Crippen molar-refractivity contribution in [2.45, 2.75) is 45.1 Å². The summed E-state index contributed by atoms with van der Waals surface area (Å²) in [6, 6.07) is 8.93. The minimum Gasteiger partial charge on any atom is -0.496 e. The van der Waals surface area contributed by atoms with E-state index in [4.69, 9.17) is 4.74 Å². The smallest absolute Gasteiger partial charge is 0.122 e. The van der Waals surface area contributed by atoms with Crippen LogP contribution in [-0.2, 0) is 6.42 Å². The van der Waals surface area contributed by atoms with Crippen molar-refractivity contribution in [2.24, 2.45) is 5.92 Å². The number of methoxy groups -OCH3 is 1. The number of hydrogen-bond donors (Lipinski definition) is 1. The molecule has 0 bridgehead atoms. The van der Waals surface area contributed by atoms with Gasteiger partial charge in [0.1, 0.15) is 5.75 Å². The second kappa shape index (κ2) is 6.79. The first kappa shape index (κ1) is 13.4. The zero-order valence-corrected chi connectivity index (χ0v) is 11.6. The molecule has 18 heavy (non-hydrogen) atoms. The van der Waals surface area contributed by atoms with Gasteiger partial charge in [-0.05, 0) is 43.9 Å². The fraction of sp³-hybridized carbons (Fsp3) is 0.625. The van der Waals surface area contributed by atoms with Crippen LogP contribution in [0.3, 0.4) is 0 Å². The van der Waals surface area contributed by atoms with E-state index in [0.29, 0.717) is 6.04 Å². The van der Waals surface area contributed by atoms with E-state index in [1.165, 1.54) is 31.2 Å². The van der Waals surface area contributed by atoms with E-state index in [1.54, 1.807) is 7.11 Å². The van der Waals surface area contributed by atoms with Crippen molar-refractivity contribution in [3.05, 3.63) is 29.8 Å². The van der Waals surface area contributed by atoms with Crippen LogP contribution in [0.5, 0.6) is 5.75 Å². The van der Waals surface area contributed by atoms with E-state index >= 15 is 0 Å². The molecule has 2 heteroatoms. The third-order valence-electron chi connectivity index (χ3n) is 3.99. The Morgan fingerprint density at radius 3 is 2.78 bits per heavy atom. The Morgan fingerprint density at radius 2 is 2.11 bits per heavy atom. The molecule has 0 aromatic heterocycles. The fourth-order valence-electron chi connectivity index (χ4n) is 2.67. The second-order valence-electron chi connectivity index (χ2n) is 5.45. The average Bonchev–Trinajstić information content (AvgIpc) is 2.34. The van der Waals surface area contributed by atoms with E-state index in [1.807, 2.05) is 12.1 Å². The van der Waals surface area contributed by atoms with Gasteiger partial charge in [-0.25, -0.2) is 0 Å². The summed E-state index contributed by atoms with van der Waals surface area (Å²) >= 11 is 0. The van der Waals surface area contributed by atoms with Crippen LogP contribution in [0.15, 0.2) is 24.3 Å². The van der Waals surface area contributed by atoms with Crippen LogP contribution >= 0.6 is 0 Å². The van der Waals surface area contributed by atoms with Crippen molar-refractivity contribution >= 4 is 0 Å². The molecular formula is C16H25NO. The zero-order valence-electron chi connectivity index (χ0n) is 11.6. The largest absolute Gasteiger partial charge is 0.496 e. The lowest BCUT2D eigenvalue weighted by atomic mass is 9.81. The molecular weight excluding hydrogens is 222 g/mol. The van der Waals surface area contributed by atoms with Gasteiger partial charge >= 0.3 is 0 Å². The number of ether oxygens (including phenoxy) is 1. The molecule has 1 aliphatic carbocycles. The van der Waals surface area contributed by atoms with Crippen LogP contribution in [0, 0.1) is 5.92 Å². The van der Waals surface area contributed by atoms with Crippen LogP contribution in [0.25, 0.3) is 0 Å². The summed E-state index contributed by atoms with van der Waals surface area (Å²) in [5, 5.41) is 3.63. The highest BCUT2D eigenvalue weighted by atomic mass is 16.5. The van der Waals surface area contributed by atoms with E-state index < -0.39 is 0 Å². The molecule has 0 spiro atoms. The molecule has 100 valence electrons. The number of para-hydroxylation sites is 1. The Morgan fingerprint density at radius 1 is 1.33 bits per heavy atom. The minimum atomic E-state index is 0.644. The molecule has 0 saturated heterocycles. The first-order chi connectivity index (χ1) is 8.79. The molecule has 1 N–H and O–H groups in total. The van der Waals surface area contributed by atoms with Gasteiger partial charge in [0.2, 0.25) is 0 Å². The summed E-state index contributed by atoms with van der Waals surface area (Å²) in [7, 11) is 1.74. The Balaban J connectivity index is 1.70. The number of nitrogens with one attached hydrogen (secondary N) is 1. The van der Waals surface area contributed by atoms with Gasteiger partial charge in [-0.2, -0.15) is 0 Å². The molecule has 0 heterocycles. The maximum Gasteiger partial charge on any atom is 0.122 e. The quantitative estimate of drug-likeness (QED) is 0.797. The maximum absolute atomic E-state index is 5.37. The highest BCUT2D eigenvalue weighted by Gasteiger charge is 2.19. The van der Waals surface area contributed by atoms with Gasteiger partial charge in [-0.15, -0.1) is 0 Å². The molecule has 1 aromatic rings. The normalized spacial score (nSPS) is 17.2. The lowest BCUT2D eigenvalue weighted by Crippen LogP contribution is -2.31. The standard InChI is InChI=1S/C16H25NO/c1-13(12-14-6-5-7-14)17-11-10-15-8-3-4-9-16(15)18-2/h3-4,8-9,13-14,17H,5-7,10-12H2,1-2H3. The monoisotopic (exact) mass is 247 g/mol. The molecule has 1 saturated carbocycles. The molecule has 1 aliphatic rings. The zero-order chi connectivity index (χ0) is 12.8. The summed E-state index contributed by atoms with van der Waals surface area (Å²) in [5.41, 5.74) is 1.29. The molecule has 1 atom stereocenters. The van der Waals surface area contributed by atoms with Gasteiger partial charge in [0.05, 0.1) is 7.11 Å². The van der Waals surface area contributed by atoms with Gasteiger partial charge in [0, 0.05) is 6.04 Å². The van der Waals surface area contributed by atoms with E-state index in [-0.39, 0.29) is 0 Å². The van der Waals surface area contributed by atoms with Crippen LogP contribution in [-0.4, -0.2) is 19.7 Å². The van der Waals surface area contributed by atoms with E-state index in [0.717, 1.165) is 24.6 Å². The fourth-order valence-corrected chi connectivity index (χ4v) is 2.67. The first-order valence-electron chi connectivity index (χ1n) is 7.15. The topological polar surface area (TPSA) is 21.3 Å². The summed E-state index contributed by atoms with van der Waals surface area (Å²) in [5.74, 6) is 1.99. The Bertz CT molecular complexity index is 360. The molecule has 1 unspecified atom stereocenters. The molecule has 0 radical (unpaired) electrons. The average molecular weight is 247 g/mol. The highest BCUT2D eigenvalue weighted by molar-refractivity contribution is 5.33. The lowest BCUT2D eigenvalue weighted by molar-refractivity contribution is 0.266. The van der Waals surface area contributed by atoms with Gasteiger partial charge < -0.3 is 10.1 Å². The maximum atomic E-state index is 5.37. The van der Waals surface area contributed by atoms with E-state index in [9.17, 15) is 0 Å². The van der Waals surface area contributed by atoms with Crippen LogP contribution in [0.1, 0.15) is 38.2 Å². The number of rotatable bonds is 7. The molecule has 1 fully saturated rings. The molecule has 2 nitrogen and oxygen atoms in total. The van der Waals surface area contributed by atoms with Crippen LogP contribution in [0.4, 0.5) is 0 Å². The lowest BCUT2D eigenvalue weighted by Gasteiger charge is -2.28. The van der Waals surface area contributed by atoms with Gasteiger partial charge in [0.15, 0.2) is 0 Å². The van der Waals surface area contributed by atoms with Gasteiger partial charge in [-0.3, -0.25) is 0 Å². The third-order valence-corrected chi connectivity index (χ3v) is 3.99. The predicted octanol–water partition coefficient (Wildman–Crippen LogP) is 3.41. The minimum absolute atomic E-state index is 0.644. The van der Waals surface area contributed by atoms with Gasteiger partial charge in [0.25, 0.3) is 0 Å². The molecule has 2 rings (SSSR count). The SMILES string of the molecule is COc1ccccc1CCNC(C)CC1CCC1.